The van der Waals surface area contributed by atoms with E-state index < -0.39 is 0 Å². The fourth-order valence-electron chi connectivity index (χ4n) is 2.41. The second-order valence-corrected chi connectivity index (χ2v) is 5.35. The molecule has 5 nitrogen and oxygen atoms in total. The third kappa shape index (κ3) is 5.48. The summed E-state index contributed by atoms with van der Waals surface area (Å²) in [6.45, 7) is 4.81. The van der Waals surface area contributed by atoms with E-state index in [1.54, 1.807) is 7.11 Å². The van der Waals surface area contributed by atoms with Crippen LogP contribution < -0.4 is 15.4 Å². The standard InChI is InChI=1S/C16H24N2O3.ClH/c1-12-3-4-14(15(11-12)21-10-9-20-2)18-16(19)13-5-7-17-8-6-13;/h3-4,11,13,17H,5-10H2,1-2H3,(H,18,19);1H. The molecule has 0 unspecified atom stereocenters. The highest BCUT2D eigenvalue weighted by molar-refractivity contribution is 5.94. The molecule has 0 atom stereocenters. The Labute approximate surface area is 138 Å². The molecule has 2 rings (SSSR count). The largest absolute Gasteiger partial charge is 0.489 e. The minimum absolute atomic E-state index is 0. The molecule has 0 saturated carbocycles. The molecular formula is C16H25ClN2O3. The molecule has 0 spiro atoms. The zero-order valence-corrected chi connectivity index (χ0v) is 14.0. The van der Waals surface area contributed by atoms with Crippen LogP contribution in [0, 0.1) is 12.8 Å². The van der Waals surface area contributed by atoms with Crippen molar-refractivity contribution in [2.45, 2.75) is 19.8 Å². The van der Waals surface area contributed by atoms with Gasteiger partial charge >= 0.3 is 0 Å². The molecule has 1 amide bonds. The lowest BCUT2D eigenvalue weighted by Crippen LogP contribution is -2.34. The Morgan fingerprint density at radius 3 is 2.73 bits per heavy atom. The minimum Gasteiger partial charge on any atom is -0.489 e. The molecular weight excluding hydrogens is 304 g/mol. The van der Waals surface area contributed by atoms with Crippen molar-refractivity contribution in [1.82, 2.24) is 5.32 Å². The SMILES string of the molecule is COCCOc1cc(C)ccc1NC(=O)C1CCNCC1.Cl. The van der Waals surface area contributed by atoms with Crippen molar-refractivity contribution in [1.29, 1.82) is 0 Å². The number of rotatable bonds is 6. The highest BCUT2D eigenvalue weighted by Gasteiger charge is 2.21. The van der Waals surface area contributed by atoms with Crippen LogP contribution in [0.2, 0.25) is 0 Å². The van der Waals surface area contributed by atoms with Crippen molar-refractivity contribution >= 4 is 24.0 Å². The first-order valence-electron chi connectivity index (χ1n) is 7.44. The van der Waals surface area contributed by atoms with Gasteiger partial charge in [0.05, 0.1) is 12.3 Å². The van der Waals surface area contributed by atoms with Gasteiger partial charge in [-0.05, 0) is 50.6 Å². The van der Waals surface area contributed by atoms with Crippen molar-refractivity contribution in [2.24, 2.45) is 5.92 Å². The lowest BCUT2D eigenvalue weighted by atomic mass is 9.97. The predicted molar refractivity (Wildman–Crippen MR) is 90.0 cm³/mol. The number of amides is 1. The molecule has 0 aromatic heterocycles. The number of carbonyl (C=O) groups excluding carboxylic acids is 1. The smallest absolute Gasteiger partial charge is 0.227 e. The number of hydrogen-bond acceptors (Lipinski definition) is 4. The molecule has 1 heterocycles. The Hall–Kier alpha value is -1.30. The van der Waals surface area contributed by atoms with Gasteiger partial charge in [0.2, 0.25) is 5.91 Å². The van der Waals surface area contributed by atoms with Crippen LogP contribution >= 0.6 is 12.4 Å². The van der Waals surface area contributed by atoms with Gasteiger partial charge in [-0.3, -0.25) is 4.79 Å². The average Bonchev–Trinajstić information content (AvgIpc) is 2.51. The maximum atomic E-state index is 12.3. The second-order valence-electron chi connectivity index (χ2n) is 5.35. The van der Waals surface area contributed by atoms with E-state index in [4.69, 9.17) is 9.47 Å². The fourth-order valence-corrected chi connectivity index (χ4v) is 2.41. The van der Waals surface area contributed by atoms with Gasteiger partial charge in [0.15, 0.2) is 0 Å². The number of carbonyl (C=O) groups is 1. The molecule has 0 aliphatic carbocycles. The Morgan fingerprint density at radius 2 is 2.05 bits per heavy atom. The first-order valence-corrected chi connectivity index (χ1v) is 7.44. The van der Waals surface area contributed by atoms with Gasteiger partial charge in [-0.1, -0.05) is 6.07 Å². The van der Waals surface area contributed by atoms with E-state index in [-0.39, 0.29) is 24.2 Å². The summed E-state index contributed by atoms with van der Waals surface area (Å²) in [6.07, 6.45) is 1.77. The van der Waals surface area contributed by atoms with Crippen molar-refractivity contribution in [3.63, 3.8) is 0 Å². The van der Waals surface area contributed by atoms with Crippen LogP contribution in [0.25, 0.3) is 0 Å². The molecule has 2 N–H and O–H groups in total. The molecule has 1 saturated heterocycles. The number of hydrogen-bond donors (Lipinski definition) is 2. The Balaban J connectivity index is 0.00000242. The van der Waals surface area contributed by atoms with Crippen LogP contribution in [-0.2, 0) is 9.53 Å². The van der Waals surface area contributed by atoms with E-state index in [0.717, 1.165) is 37.2 Å². The van der Waals surface area contributed by atoms with E-state index in [1.165, 1.54) is 0 Å². The lowest BCUT2D eigenvalue weighted by molar-refractivity contribution is -0.120. The van der Waals surface area contributed by atoms with Crippen LogP contribution in [0.5, 0.6) is 5.75 Å². The topological polar surface area (TPSA) is 59.6 Å². The van der Waals surface area contributed by atoms with Crippen molar-refractivity contribution in [2.75, 3.05) is 38.7 Å². The first-order chi connectivity index (χ1) is 10.2. The van der Waals surface area contributed by atoms with Gasteiger partial charge in [0, 0.05) is 13.0 Å². The molecule has 1 aromatic carbocycles. The third-order valence-corrected chi connectivity index (χ3v) is 3.65. The van der Waals surface area contributed by atoms with Crippen LogP contribution in [0.15, 0.2) is 18.2 Å². The maximum Gasteiger partial charge on any atom is 0.227 e. The number of anilines is 1. The number of ether oxygens (including phenoxy) is 2. The summed E-state index contributed by atoms with van der Waals surface area (Å²) < 4.78 is 10.7. The monoisotopic (exact) mass is 328 g/mol. The molecule has 1 aromatic rings. The number of halogens is 1. The summed E-state index contributed by atoms with van der Waals surface area (Å²) in [5.74, 6) is 0.866. The second kappa shape index (κ2) is 9.66. The summed E-state index contributed by atoms with van der Waals surface area (Å²) in [4.78, 5) is 12.3. The zero-order chi connectivity index (χ0) is 15.1. The third-order valence-electron chi connectivity index (χ3n) is 3.65. The van der Waals surface area contributed by atoms with Crippen molar-refractivity contribution in [3.8, 4) is 5.75 Å². The van der Waals surface area contributed by atoms with E-state index in [2.05, 4.69) is 10.6 Å². The van der Waals surface area contributed by atoms with Crippen molar-refractivity contribution in [3.05, 3.63) is 23.8 Å². The fraction of sp³-hybridized carbons (Fsp3) is 0.562. The molecule has 1 aliphatic rings. The summed E-state index contributed by atoms with van der Waals surface area (Å²) in [5.41, 5.74) is 1.84. The molecule has 1 fully saturated rings. The number of methoxy groups -OCH3 is 1. The molecule has 124 valence electrons. The maximum absolute atomic E-state index is 12.3. The summed E-state index contributed by atoms with van der Waals surface area (Å²) in [7, 11) is 1.64. The number of aryl methyl sites for hydroxylation is 1. The number of benzene rings is 1. The van der Waals surface area contributed by atoms with Gasteiger partial charge in [-0.25, -0.2) is 0 Å². The van der Waals surface area contributed by atoms with Crippen LogP contribution in [0.3, 0.4) is 0 Å². The van der Waals surface area contributed by atoms with E-state index in [0.29, 0.717) is 19.0 Å². The molecule has 1 aliphatic heterocycles. The van der Waals surface area contributed by atoms with Crippen LogP contribution in [0.4, 0.5) is 5.69 Å². The van der Waals surface area contributed by atoms with Crippen LogP contribution in [0.1, 0.15) is 18.4 Å². The molecule has 22 heavy (non-hydrogen) atoms. The Bertz CT molecular complexity index is 476. The molecule has 0 bridgehead atoms. The van der Waals surface area contributed by atoms with Gasteiger partial charge < -0.3 is 20.1 Å². The summed E-state index contributed by atoms with van der Waals surface area (Å²) in [6, 6.07) is 5.81. The predicted octanol–water partition coefficient (Wildman–Crippen LogP) is 2.38. The lowest BCUT2D eigenvalue weighted by Gasteiger charge is -2.22. The van der Waals surface area contributed by atoms with Gasteiger partial charge in [-0.2, -0.15) is 0 Å². The highest BCUT2D eigenvalue weighted by Crippen LogP contribution is 2.27. The van der Waals surface area contributed by atoms with Gasteiger partial charge in [-0.15, -0.1) is 12.4 Å². The van der Waals surface area contributed by atoms with Gasteiger partial charge in [0.1, 0.15) is 12.4 Å². The average molecular weight is 329 g/mol. The molecule has 6 heteroatoms. The normalized spacial score (nSPS) is 15.0. The van der Waals surface area contributed by atoms with Gasteiger partial charge in [0.25, 0.3) is 0 Å². The van der Waals surface area contributed by atoms with Crippen LogP contribution in [-0.4, -0.2) is 39.3 Å². The first kappa shape index (κ1) is 18.7. The number of piperidine rings is 1. The molecule has 0 radical (unpaired) electrons. The minimum atomic E-state index is 0. The van der Waals surface area contributed by atoms with Crippen molar-refractivity contribution < 1.29 is 14.3 Å². The highest BCUT2D eigenvalue weighted by atomic mass is 35.5. The number of nitrogens with one attached hydrogen (secondary N) is 2. The Morgan fingerprint density at radius 1 is 1.32 bits per heavy atom. The summed E-state index contributed by atoms with van der Waals surface area (Å²) in [5, 5.41) is 6.27. The zero-order valence-electron chi connectivity index (χ0n) is 13.2. The summed E-state index contributed by atoms with van der Waals surface area (Å²) >= 11 is 0. The van der Waals surface area contributed by atoms with E-state index in [9.17, 15) is 4.79 Å². The van der Waals surface area contributed by atoms with E-state index >= 15 is 0 Å². The van der Waals surface area contributed by atoms with E-state index in [1.807, 2.05) is 25.1 Å². The quantitative estimate of drug-likeness (QED) is 0.787. The Kier molecular flexibility index (Phi) is 8.24.